The summed E-state index contributed by atoms with van der Waals surface area (Å²) >= 11 is 0. The summed E-state index contributed by atoms with van der Waals surface area (Å²) in [6, 6.07) is 0.768. The molecule has 0 aromatic carbocycles. The van der Waals surface area contributed by atoms with Crippen LogP contribution >= 0.6 is 0 Å². The van der Waals surface area contributed by atoms with Crippen LogP contribution in [0.1, 0.15) is 46.5 Å². The third kappa shape index (κ3) is 3.55. The number of nitrogens with one attached hydrogen (secondary N) is 1. The monoisotopic (exact) mass is 280 g/mol. The molecule has 0 amide bonds. The highest BCUT2D eigenvalue weighted by Crippen LogP contribution is 2.44. The van der Waals surface area contributed by atoms with Gasteiger partial charge in [-0.2, -0.15) is 0 Å². The molecule has 1 N–H and O–H groups in total. The van der Waals surface area contributed by atoms with Gasteiger partial charge in [0.25, 0.3) is 0 Å². The minimum absolute atomic E-state index is 0.365. The van der Waals surface area contributed by atoms with Crippen LogP contribution in [0.15, 0.2) is 0 Å². The zero-order valence-corrected chi connectivity index (χ0v) is 13.5. The summed E-state index contributed by atoms with van der Waals surface area (Å²) in [5.41, 5.74) is 0.365. The minimum Gasteiger partial charge on any atom is -0.380 e. The summed E-state index contributed by atoms with van der Waals surface area (Å²) in [7, 11) is 0. The van der Waals surface area contributed by atoms with Gasteiger partial charge in [-0.3, -0.25) is 4.90 Å². The SMILES string of the molecule is CC(C)COCCN1CC(C)(C2CC2)NCC1C1CC1. The Morgan fingerprint density at radius 3 is 2.60 bits per heavy atom. The first-order valence-corrected chi connectivity index (χ1v) is 8.65. The van der Waals surface area contributed by atoms with E-state index < -0.39 is 0 Å². The van der Waals surface area contributed by atoms with Gasteiger partial charge < -0.3 is 10.1 Å². The molecule has 3 rings (SSSR count). The molecule has 0 spiro atoms. The second-order valence-corrected chi connectivity index (χ2v) is 7.92. The second-order valence-electron chi connectivity index (χ2n) is 7.92. The largest absolute Gasteiger partial charge is 0.380 e. The van der Waals surface area contributed by atoms with Gasteiger partial charge in [0.05, 0.1) is 6.61 Å². The fourth-order valence-corrected chi connectivity index (χ4v) is 3.75. The topological polar surface area (TPSA) is 24.5 Å². The molecule has 2 aliphatic carbocycles. The van der Waals surface area contributed by atoms with Crippen molar-refractivity contribution in [3.63, 3.8) is 0 Å². The van der Waals surface area contributed by atoms with E-state index in [1.54, 1.807) is 0 Å². The van der Waals surface area contributed by atoms with Crippen LogP contribution in [0.25, 0.3) is 0 Å². The fraction of sp³-hybridized carbons (Fsp3) is 1.00. The van der Waals surface area contributed by atoms with Crippen molar-refractivity contribution >= 4 is 0 Å². The number of nitrogens with zero attached hydrogens (tertiary/aromatic N) is 1. The minimum atomic E-state index is 0.365. The first-order valence-electron chi connectivity index (χ1n) is 8.65. The maximum atomic E-state index is 5.83. The molecule has 2 unspecified atom stereocenters. The van der Waals surface area contributed by atoms with Crippen molar-refractivity contribution in [1.82, 2.24) is 10.2 Å². The molecule has 116 valence electrons. The molecule has 0 aromatic heterocycles. The van der Waals surface area contributed by atoms with Crippen molar-refractivity contribution in [3.8, 4) is 0 Å². The van der Waals surface area contributed by atoms with Gasteiger partial charge in [-0.05, 0) is 50.4 Å². The van der Waals surface area contributed by atoms with Crippen molar-refractivity contribution in [2.24, 2.45) is 17.8 Å². The van der Waals surface area contributed by atoms with Crippen LogP contribution in [0.2, 0.25) is 0 Å². The number of ether oxygens (including phenoxy) is 1. The molecule has 0 bridgehead atoms. The van der Waals surface area contributed by atoms with Gasteiger partial charge >= 0.3 is 0 Å². The van der Waals surface area contributed by atoms with Crippen LogP contribution in [-0.2, 0) is 4.74 Å². The van der Waals surface area contributed by atoms with E-state index in [4.69, 9.17) is 4.74 Å². The summed E-state index contributed by atoms with van der Waals surface area (Å²) in [6.45, 7) is 12.2. The van der Waals surface area contributed by atoms with Crippen molar-refractivity contribution < 1.29 is 4.74 Å². The van der Waals surface area contributed by atoms with Crippen molar-refractivity contribution in [2.75, 3.05) is 32.8 Å². The van der Waals surface area contributed by atoms with Gasteiger partial charge in [0, 0.05) is 37.8 Å². The molecule has 2 saturated carbocycles. The average molecular weight is 280 g/mol. The Morgan fingerprint density at radius 1 is 1.25 bits per heavy atom. The lowest BCUT2D eigenvalue weighted by Crippen LogP contribution is -2.64. The fourth-order valence-electron chi connectivity index (χ4n) is 3.75. The van der Waals surface area contributed by atoms with Gasteiger partial charge in [-0.25, -0.2) is 0 Å². The first kappa shape index (κ1) is 14.8. The van der Waals surface area contributed by atoms with Crippen molar-refractivity contribution in [3.05, 3.63) is 0 Å². The van der Waals surface area contributed by atoms with E-state index in [2.05, 4.69) is 31.0 Å². The molecule has 1 saturated heterocycles. The van der Waals surface area contributed by atoms with E-state index in [0.29, 0.717) is 11.5 Å². The molecule has 2 atom stereocenters. The number of rotatable bonds is 7. The van der Waals surface area contributed by atoms with E-state index >= 15 is 0 Å². The van der Waals surface area contributed by atoms with E-state index in [-0.39, 0.29) is 0 Å². The quantitative estimate of drug-likeness (QED) is 0.725. The van der Waals surface area contributed by atoms with Crippen LogP contribution in [0, 0.1) is 17.8 Å². The van der Waals surface area contributed by atoms with E-state index in [1.165, 1.54) is 38.8 Å². The average Bonchev–Trinajstić information content (AvgIpc) is 3.28. The highest BCUT2D eigenvalue weighted by Gasteiger charge is 2.48. The molecular formula is C17H32N2O. The van der Waals surface area contributed by atoms with Crippen LogP contribution in [0.5, 0.6) is 0 Å². The predicted octanol–water partition coefficient (Wildman–Crippen LogP) is 2.51. The molecule has 0 radical (unpaired) electrons. The highest BCUT2D eigenvalue weighted by molar-refractivity contribution is 5.06. The molecule has 1 heterocycles. The Hall–Kier alpha value is -0.120. The molecule has 3 aliphatic rings. The third-order valence-corrected chi connectivity index (χ3v) is 5.33. The van der Waals surface area contributed by atoms with Gasteiger partial charge in [0.15, 0.2) is 0 Å². The van der Waals surface area contributed by atoms with Crippen molar-refractivity contribution in [1.29, 1.82) is 0 Å². The van der Waals surface area contributed by atoms with E-state index in [0.717, 1.165) is 37.6 Å². The van der Waals surface area contributed by atoms with Crippen LogP contribution < -0.4 is 5.32 Å². The lowest BCUT2D eigenvalue weighted by Gasteiger charge is -2.47. The lowest BCUT2D eigenvalue weighted by atomic mass is 9.90. The first-order chi connectivity index (χ1) is 9.58. The third-order valence-electron chi connectivity index (χ3n) is 5.33. The summed E-state index contributed by atoms with van der Waals surface area (Å²) in [5.74, 6) is 2.52. The van der Waals surface area contributed by atoms with Gasteiger partial charge in [-0.15, -0.1) is 0 Å². The summed E-state index contributed by atoms with van der Waals surface area (Å²) in [6.07, 6.45) is 5.73. The maximum absolute atomic E-state index is 5.83. The number of hydrogen-bond donors (Lipinski definition) is 1. The number of hydrogen-bond acceptors (Lipinski definition) is 3. The molecule has 1 aliphatic heterocycles. The zero-order chi connectivity index (χ0) is 14.2. The Balaban J connectivity index is 1.52. The van der Waals surface area contributed by atoms with Crippen LogP contribution in [0.4, 0.5) is 0 Å². The molecule has 20 heavy (non-hydrogen) atoms. The molecule has 3 heteroatoms. The van der Waals surface area contributed by atoms with Gasteiger partial charge in [-0.1, -0.05) is 13.8 Å². The molecular weight excluding hydrogens is 248 g/mol. The lowest BCUT2D eigenvalue weighted by molar-refractivity contribution is 0.0259. The molecule has 3 nitrogen and oxygen atoms in total. The standard InChI is InChI=1S/C17H32N2O/c1-13(2)11-20-9-8-19-12-17(3,15-6-7-15)18-10-16(19)14-4-5-14/h13-16,18H,4-12H2,1-3H3. The Bertz CT molecular complexity index is 325. The summed E-state index contributed by atoms with van der Waals surface area (Å²) in [4.78, 5) is 2.74. The normalized spacial score (nSPS) is 35.7. The zero-order valence-electron chi connectivity index (χ0n) is 13.5. The predicted molar refractivity (Wildman–Crippen MR) is 82.9 cm³/mol. The van der Waals surface area contributed by atoms with Crippen LogP contribution in [-0.4, -0.2) is 49.3 Å². The van der Waals surface area contributed by atoms with Gasteiger partial charge in [0.2, 0.25) is 0 Å². The molecule has 0 aromatic rings. The Labute approximate surface area is 124 Å². The van der Waals surface area contributed by atoms with Crippen LogP contribution in [0.3, 0.4) is 0 Å². The smallest absolute Gasteiger partial charge is 0.0593 e. The Morgan fingerprint density at radius 2 is 2.00 bits per heavy atom. The maximum Gasteiger partial charge on any atom is 0.0593 e. The van der Waals surface area contributed by atoms with Crippen molar-refractivity contribution in [2.45, 2.75) is 58.0 Å². The van der Waals surface area contributed by atoms with E-state index in [1.807, 2.05) is 0 Å². The van der Waals surface area contributed by atoms with E-state index in [9.17, 15) is 0 Å². The van der Waals surface area contributed by atoms with Gasteiger partial charge in [0.1, 0.15) is 0 Å². The Kier molecular flexibility index (Phi) is 4.40. The number of piperazine rings is 1. The summed E-state index contributed by atoms with van der Waals surface area (Å²) < 4.78 is 5.83. The second kappa shape index (κ2) is 5.94. The highest BCUT2D eigenvalue weighted by atomic mass is 16.5. The summed E-state index contributed by atoms with van der Waals surface area (Å²) in [5, 5.41) is 3.88. The molecule has 3 fully saturated rings.